The van der Waals surface area contributed by atoms with Crippen LogP contribution < -0.4 is 15.0 Å². The molecule has 37 heavy (non-hydrogen) atoms. The number of hydrogen-bond acceptors (Lipinski definition) is 7. The van der Waals surface area contributed by atoms with Crippen LogP contribution in [0.25, 0.3) is 0 Å². The number of nitro groups is 2. The van der Waals surface area contributed by atoms with Crippen LogP contribution in [0, 0.1) is 20.2 Å². The number of non-ortho nitro benzene ring substituents is 2. The number of methoxy groups -OCH3 is 1. The number of nitrogens with one attached hydrogen (secondary N) is 1. The first-order chi connectivity index (χ1) is 17.0. The molecule has 1 fully saturated rings. The Morgan fingerprint density at radius 3 is 1.97 bits per heavy atom. The molecule has 1 aliphatic heterocycles. The Bertz CT molecular complexity index is 1120. The smallest absolute Gasteiger partial charge is 0.269 e. The van der Waals surface area contributed by atoms with Gasteiger partial charge in [-0.05, 0) is 36.1 Å². The highest BCUT2D eigenvalue weighted by atomic mass is 35.5. The van der Waals surface area contributed by atoms with Crippen LogP contribution in [0.15, 0.2) is 72.8 Å². The molecule has 0 radical (unpaired) electrons. The summed E-state index contributed by atoms with van der Waals surface area (Å²) in [4.78, 5) is 23.8. The van der Waals surface area contributed by atoms with Crippen LogP contribution in [0.5, 0.6) is 5.75 Å². The predicted molar refractivity (Wildman–Crippen MR) is 149 cm³/mol. The van der Waals surface area contributed by atoms with Crippen molar-refractivity contribution in [2.45, 2.75) is 24.8 Å². The molecule has 3 aromatic rings. The molecule has 0 spiro atoms. The molecule has 0 amide bonds. The summed E-state index contributed by atoms with van der Waals surface area (Å²) in [5.41, 5.74) is 3.02. The number of benzene rings is 3. The number of nitrogens with zero attached hydrogens (tertiary/aromatic N) is 3. The number of anilines is 1. The van der Waals surface area contributed by atoms with E-state index in [1.165, 1.54) is 24.3 Å². The maximum Gasteiger partial charge on any atom is 0.269 e. The fourth-order valence-electron chi connectivity index (χ4n) is 4.74. The molecule has 1 heterocycles. The Balaban J connectivity index is 0.00000241. The van der Waals surface area contributed by atoms with E-state index in [0.29, 0.717) is 0 Å². The van der Waals surface area contributed by atoms with Crippen molar-refractivity contribution in [2.24, 2.45) is 0 Å². The van der Waals surface area contributed by atoms with Crippen LogP contribution in [-0.2, 0) is 0 Å². The first-order valence-electron chi connectivity index (χ1n) is 11.6. The molecule has 4 rings (SSSR count). The SMILES string of the molecule is COc1ccccc1N1CCNCC1CCC(c1ccc([N+](=O)[O-])cc1)c1ccc([N+](=O)[O-])cc1.Cl.Cl. The third-order valence-electron chi connectivity index (χ3n) is 6.55. The summed E-state index contributed by atoms with van der Waals surface area (Å²) in [6.07, 6.45) is 1.62. The van der Waals surface area contributed by atoms with Crippen LogP contribution in [0.1, 0.15) is 29.9 Å². The van der Waals surface area contributed by atoms with E-state index in [4.69, 9.17) is 4.74 Å². The second kappa shape index (κ2) is 13.8. The lowest BCUT2D eigenvalue weighted by Crippen LogP contribution is -2.51. The number of piperazine rings is 1. The summed E-state index contributed by atoms with van der Waals surface area (Å²) in [6, 6.07) is 21.4. The monoisotopic (exact) mass is 548 g/mol. The lowest BCUT2D eigenvalue weighted by Gasteiger charge is -2.39. The van der Waals surface area contributed by atoms with Gasteiger partial charge in [0.25, 0.3) is 11.4 Å². The van der Waals surface area contributed by atoms with Crippen molar-refractivity contribution in [3.05, 3.63) is 104 Å². The van der Waals surface area contributed by atoms with Crippen LogP contribution in [0.2, 0.25) is 0 Å². The topological polar surface area (TPSA) is 111 Å². The summed E-state index contributed by atoms with van der Waals surface area (Å²) in [5, 5.41) is 25.7. The van der Waals surface area contributed by atoms with E-state index in [1.807, 2.05) is 18.2 Å². The fraction of sp³-hybridized carbons (Fsp3) is 0.308. The van der Waals surface area contributed by atoms with Crippen molar-refractivity contribution in [3.63, 3.8) is 0 Å². The Labute approximate surface area is 227 Å². The lowest BCUT2D eigenvalue weighted by molar-refractivity contribution is -0.385. The molecule has 198 valence electrons. The standard InChI is InChI=1S/C26H28N4O5.2ClH/c1-35-26-5-3-2-4-25(26)28-17-16-27-18-23(28)14-15-24(19-6-10-21(11-7-19)29(31)32)20-8-12-22(13-9-20)30(33)34;;/h2-13,23-24,27H,14-18H2,1H3;2*1H. The molecular weight excluding hydrogens is 519 g/mol. The van der Waals surface area contributed by atoms with Gasteiger partial charge in [-0.3, -0.25) is 20.2 Å². The molecule has 1 N–H and O–H groups in total. The van der Waals surface area contributed by atoms with Crippen molar-refractivity contribution in [3.8, 4) is 5.75 Å². The minimum atomic E-state index is -0.413. The summed E-state index contributed by atoms with van der Waals surface area (Å²) in [6.45, 7) is 2.55. The minimum Gasteiger partial charge on any atom is -0.495 e. The quantitative estimate of drug-likeness (QED) is 0.267. The van der Waals surface area contributed by atoms with Gasteiger partial charge in [0.1, 0.15) is 5.75 Å². The van der Waals surface area contributed by atoms with Gasteiger partial charge in [-0.25, -0.2) is 0 Å². The molecule has 0 aromatic heterocycles. The maximum absolute atomic E-state index is 11.1. The summed E-state index contributed by atoms with van der Waals surface area (Å²) in [5.74, 6) is 0.778. The molecule has 1 saturated heterocycles. The van der Waals surface area contributed by atoms with Crippen molar-refractivity contribution in [2.75, 3.05) is 31.6 Å². The third kappa shape index (κ3) is 7.09. The van der Waals surface area contributed by atoms with Crippen LogP contribution >= 0.6 is 24.8 Å². The van der Waals surface area contributed by atoms with Gasteiger partial charge in [0.05, 0.1) is 22.6 Å². The van der Waals surface area contributed by atoms with E-state index < -0.39 is 9.85 Å². The fourth-order valence-corrected chi connectivity index (χ4v) is 4.74. The van der Waals surface area contributed by atoms with Gasteiger partial charge in [0.2, 0.25) is 0 Å². The first-order valence-corrected chi connectivity index (χ1v) is 11.6. The molecule has 9 nitrogen and oxygen atoms in total. The molecule has 0 aliphatic carbocycles. The van der Waals surface area contributed by atoms with E-state index in [-0.39, 0.29) is 48.1 Å². The van der Waals surface area contributed by atoms with Crippen LogP contribution in [0.4, 0.5) is 17.1 Å². The Morgan fingerprint density at radius 1 is 0.919 bits per heavy atom. The Kier molecular flexibility index (Phi) is 11.1. The molecular formula is C26H30Cl2N4O5. The first kappa shape index (κ1) is 29.8. The highest BCUT2D eigenvalue weighted by Crippen LogP contribution is 2.35. The molecule has 1 aliphatic rings. The number of nitro benzene ring substituents is 2. The zero-order valence-electron chi connectivity index (χ0n) is 20.3. The van der Waals surface area contributed by atoms with Gasteiger partial charge >= 0.3 is 0 Å². The average molecular weight is 549 g/mol. The Hall–Kier alpha value is -3.40. The van der Waals surface area contributed by atoms with Gasteiger partial charge in [-0.1, -0.05) is 36.4 Å². The summed E-state index contributed by atoms with van der Waals surface area (Å²) >= 11 is 0. The molecule has 0 bridgehead atoms. The number of ether oxygens (including phenoxy) is 1. The largest absolute Gasteiger partial charge is 0.495 e. The zero-order chi connectivity index (χ0) is 24.8. The lowest BCUT2D eigenvalue weighted by atomic mass is 9.85. The van der Waals surface area contributed by atoms with Crippen molar-refractivity contribution >= 4 is 41.9 Å². The minimum absolute atomic E-state index is 0. The van der Waals surface area contributed by atoms with Gasteiger partial charge in [0.15, 0.2) is 0 Å². The molecule has 11 heteroatoms. The van der Waals surface area contributed by atoms with E-state index in [0.717, 1.165) is 55.0 Å². The number of rotatable bonds is 9. The van der Waals surface area contributed by atoms with Gasteiger partial charge < -0.3 is 15.0 Å². The number of halogens is 2. The van der Waals surface area contributed by atoms with Gasteiger partial charge in [-0.2, -0.15) is 0 Å². The third-order valence-corrected chi connectivity index (χ3v) is 6.55. The average Bonchev–Trinajstić information content (AvgIpc) is 2.89. The second-order valence-corrected chi connectivity index (χ2v) is 8.55. The van der Waals surface area contributed by atoms with Crippen LogP contribution in [-0.4, -0.2) is 42.6 Å². The molecule has 3 aromatic carbocycles. The molecule has 0 saturated carbocycles. The zero-order valence-corrected chi connectivity index (χ0v) is 22.0. The molecule has 1 atom stereocenters. The van der Waals surface area contributed by atoms with Gasteiger partial charge in [-0.15, -0.1) is 24.8 Å². The normalized spacial score (nSPS) is 14.9. The predicted octanol–water partition coefficient (Wildman–Crippen LogP) is 5.75. The summed E-state index contributed by atoms with van der Waals surface area (Å²) < 4.78 is 5.60. The maximum atomic E-state index is 11.1. The second-order valence-electron chi connectivity index (χ2n) is 8.55. The number of para-hydroxylation sites is 2. The van der Waals surface area contributed by atoms with Crippen LogP contribution in [0.3, 0.4) is 0 Å². The number of hydrogen-bond donors (Lipinski definition) is 1. The van der Waals surface area contributed by atoms with Crippen molar-refractivity contribution in [1.82, 2.24) is 5.32 Å². The van der Waals surface area contributed by atoms with E-state index in [1.54, 1.807) is 31.4 Å². The van der Waals surface area contributed by atoms with E-state index in [2.05, 4.69) is 16.3 Å². The molecule has 1 unspecified atom stereocenters. The van der Waals surface area contributed by atoms with Crippen molar-refractivity contribution in [1.29, 1.82) is 0 Å². The highest BCUT2D eigenvalue weighted by molar-refractivity contribution is 5.85. The van der Waals surface area contributed by atoms with Crippen molar-refractivity contribution < 1.29 is 14.6 Å². The van der Waals surface area contributed by atoms with E-state index in [9.17, 15) is 20.2 Å². The summed E-state index contributed by atoms with van der Waals surface area (Å²) in [7, 11) is 1.68. The van der Waals surface area contributed by atoms with E-state index >= 15 is 0 Å². The Morgan fingerprint density at radius 2 is 1.46 bits per heavy atom. The highest BCUT2D eigenvalue weighted by Gasteiger charge is 2.26. The van der Waals surface area contributed by atoms with Gasteiger partial charge in [0, 0.05) is 55.9 Å².